The number of nitrogens with one attached hydrogen (secondary N) is 1. The van der Waals surface area contributed by atoms with Gasteiger partial charge in [0.05, 0.1) is 0 Å². The first-order chi connectivity index (χ1) is 10.3. The number of nitrogens with zero attached hydrogens (tertiary/aromatic N) is 1. The first-order valence-corrected chi connectivity index (χ1v) is 8.50. The van der Waals surface area contributed by atoms with Crippen LogP contribution in [0.25, 0.3) is 0 Å². The molecule has 2 nitrogen and oxygen atoms in total. The van der Waals surface area contributed by atoms with Crippen LogP contribution in [0.5, 0.6) is 0 Å². The van der Waals surface area contributed by atoms with Gasteiger partial charge < -0.3 is 5.32 Å². The standard InChI is InChI=1S/C20H32N2/c1-13(2)12-19(22-10-8-21-9-11-22)20-17(6)15(4)14(3)16(5)18(20)7/h19,21H,1,8-12H2,2-7H3/t19-/m1/s1. The van der Waals surface area contributed by atoms with Crippen LogP contribution < -0.4 is 5.32 Å². The van der Waals surface area contributed by atoms with E-state index < -0.39 is 0 Å². The largest absolute Gasteiger partial charge is 0.314 e. The molecule has 0 unspecified atom stereocenters. The molecule has 1 fully saturated rings. The van der Waals surface area contributed by atoms with Gasteiger partial charge in [0.15, 0.2) is 0 Å². The summed E-state index contributed by atoms with van der Waals surface area (Å²) in [7, 11) is 0. The Balaban J connectivity index is 2.53. The van der Waals surface area contributed by atoms with Gasteiger partial charge in [0.2, 0.25) is 0 Å². The maximum absolute atomic E-state index is 4.19. The molecule has 1 N–H and O–H groups in total. The van der Waals surface area contributed by atoms with Crippen molar-refractivity contribution in [2.24, 2.45) is 0 Å². The van der Waals surface area contributed by atoms with Gasteiger partial charge in [0.1, 0.15) is 0 Å². The van der Waals surface area contributed by atoms with Crippen molar-refractivity contribution in [2.45, 2.75) is 54.0 Å². The summed E-state index contributed by atoms with van der Waals surface area (Å²) in [5.74, 6) is 0. The molecule has 1 saturated heterocycles. The molecule has 122 valence electrons. The third-order valence-electron chi connectivity index (χ3n) is 5.53. The summed E-state index contributed by atoms with van der Waals surface area (Å²) in [5, 5.41) is 3.47. The summed E-state index contributed by atoms with van der Waals surface area (Å²) >= 11 is 0. The van der Waals surface area contributed by atoms with Crippen molar-refractivity contribution >= 4 is 0 Å². The van der Waals surface area contributed by atoms with Gasteiger partial charge in [-0.25, -0.2) is 0 Å². The highest BCUT2D eigenvalue weighted by molar-refractivity contribution is 5.51. The normalized spacial score (nSPS) is 17.5. The average molecular weight is 300 g/mol. The predicted molar refractivity (Wildman–Crippen MR) is 96.7 cm³/mol. The Hall–Kier alpha value is -1.12. The molecule has 2 heteroatoms. The van der Waals surface area contributed by atoms with Crippen LogP contribution in [0.3, 0.4) is 0 Å². The molecule has 0 amide bonds. The number of piperazine rings is 1. The van der Waals surface area contributed by atoms with Crippen molar-refractivity contribution in [1.82, 2.24) is 10.2 Å². The summed E-state index contributed by atoms with van der Waals surface area (Å²) in [4.78, 5) is 2.65. The minimum Gasteiger partial charge on any atom is -0.314 e. The zero-order valence-electron chi connectivity index (χ0n) is 15.3. The van der Waals surface area contributed by atoms with E-state index in [0.29, 0.717) is 6.04 Å². The Morgan fingerprint density at radius 3 is 1.86 bits per heavy atom. The van der Waals surface area contributed by atoms with Crippen LogP contribution >= 0.6 is 0 Å². The molecule has 1 atom stereocenters. The van der Waals surface area contributed by atoms with Gasteiger partial charge in [-0.2, -0.15) is 0 Å². The molecule has 0 aliphatic carbocycles. The first kappa shape index (κ1) is 17.2. The first-order valence-electron chi connectivity index (χ1n) is 8.50. The van der Waals surface area contributed by atoms with Crippen molar-refractivity contribution in [3.8, 4) is 0 Å². The van der Waals surface area contributed by atoms with Gasteiger partial charge in [0.25, 0.3) is 0 Å². The van der Waals surface area contributed by atoms with E-state index in [-0.39, 0.29) is 0 Å². The smallest absolute Gasteiger partial charge is 0.0391 e. The van der Waals surface area contributed by atoms with Gasteiger partial charge in [-0.3, -0.25) is 4.90 Å². The van der Waals surface area contributed by atoms with Gasteiger partial charge >= 0.3 is 0 Å². The Morgan fingerprint density at radius 2 is 1.41 bits per heavy atom. The Bertz CT molecular complexity index is 537. The monoisotopic (exact) mass is 300 g/mol. The highest BCUT2D eigenvalue weighted by Crippen LogP contribution is 2.36. The fourth-order valence-corrected chi connectivity index (χ4v) is 3.77. The lowest BCUT2D eigenvalue weighted by molar-refractivity contribution is 0.171. The molecule has 1 aliphatic rings. The molecule has 1 aromatic rings. The second-order valence-corrected chi connectivity index (χ2v) is 7.00. The molecule has 0 spiro atoms. The SMILES string of the molecule is C=C(C)C[C@H](c1c(C)c(C)c(C)c(C)c1C)N1CCNCC1. The van der Waals surface area contributed by atoms with E-state index in [2.05, 4.69) is 58.3 Å². The van der Waals surface area contributed by atoms with Crippen LogP contribution in [0, 0.1) is 34.6 Å². The molecular weight excluding hydrogens is 268 g/mol. The van der Waals surface area contributed by atoms with Gasteiger partial charge in [0, 0.05) is 32.2 Å². The van der Waals surface area contributed by atoms with Gasteiger partial charge in [-0.05, 0) is 81.3 Å². The number of hydrogen-bond donors (Lipinski definition) is 1. The molecule has 1 aromatic carbocycles. The van der Waals surface area contributed by atoms with E-state index in [0.717, 1.165) is 32.6 Å². The summed E-state index contributed by atoms with van der Waals surface area (Å²) in [6.07, 6.45) is 1.06. The van der Waals surface area contributed by atoms with Crippen molar-refractivity contribution in [3.63, 3.8) is 0 Å². The summed E-state index contributed by atoms with van der Waals surface area (Å²) in [6.45, 7) is 22.2. The lowest BCUT2D eigenvalue weighted by atomic mass is 9.84. The van der Waals surface area contributed by atoms with Gasteiger partial charge in [-0.15, -0.1) is 6.58 Å². The quantitative estimate of drug-likeness (QED) is 0.841. The molecule has 1 heterocycles. The topological polar surface area (TPSA) is 15.3 Å². The third-order valence-corrected chi connectivity index (χ3v) is 5.53. The molecule has 22 heavy (non-hydrogen) atoms. The second kappa shape index (κ2) is 6.97. The molecule has 2 rings (SSSR count). The van der Waals surface area contributed by atoms with Crippen molar-refractivity contribution in [3.05, 3.63) is 45.5 Å². The lowest BCUT2D eigenvalue weighted by Gasteiger charge is -2.38. The van der Waals surface area contributed by atoms with Crippen molar-refractivity contribution in [2.75, 3.05) is 26.2 Å². The second-order valence-electron chi connectivity index (χ2n) is 7.00. The maximum Gasteiger partial charge on any atom is 0.0391 e. The molecule has 1 aliphatic heterocycles. The van der Waals surface area contributed by atoms with Crippen LogP contribution in [0.15, 0.2) is 12.2 Å². The average Bonchev–Trinajstić information content (AvgIpc) is 2.50. The summed E-state index contributed by atoms with van der Waals surface area (Å²) in [5.41, 5.74) is 10.1. The molecule has 0 radical (unpaired) electrons. The fourth-order valence-electron chi connectivity index (χ4n) is 3.77. The Morgan fingerprint density at radius 1 is 0.955 bits per heavy atom. The highest BCUT2D eigenvalue weighted by Gasteiger charge is 2.26. The summed E-state index contributed by atoms with van der Waals surface area (Å²) in [6, 6.07) is 0.470. The molecule has 0 aromatic heterocycles. The third kappa shape index (κ3) is 3.28. The van der Waals surface area contributed by atoms with E-state index in [9.17, 15) is 0 Å². The van der Waals surface area contributed by atoms with E-state index in [1.165, 1.54) is 33.4 Å². The van der Waals surface area contributed by atoms with E-state index in [1.807, 2.05) is 0 Å². The molecule has 0 saturated carbocycles. The fraction of sp³-hybridized carbons (Fsp3) is 0.600. The highest BCUT2D eigenvalue weighted by atomic mass is 15.2. The minimum absolute atomic E-state index is 0.470. The zero-order chi connectivity index (χ0) is 16.4. The minimum atomic E-state index is 0.470. The molecule has 0 bridgehead atoms. The Labute approximate surface area is 136 Å². The van der Waals surface area contributed by atoms with Crippen molar-refractivity contribution < 1.29 is 0 Å². The van der Waals surface area contributed by atoms with E-state index in [4.69, 9.17) is 0 Å². The maximum atomic E-state index is 4.19. The van der Waals surface area contributed by atoms with E-state index >= 15 is 0 Å². The van der Waals surface area contributed by atoms with Crippen molar-refractivity contribution in [1.29, 1.82) is 0 Å². The van der Waals surface area contributed by atoms with Crippen LogP contribution in [-0.2, 0) is 0 Å². The van der Waals surface area contributed by atoms with E-state index in [1.54, 1.807) is 5.56 Å². The predicted octanol–water partition coefficient (Wildman–Crippen LogP) is 4.14. The zero-order valence-corrected chi connectivity index (χ0v) is 15.3. The van der Waals surface area contributed by atoms with Crippen LogP contribution in [0.2, 0.25) is 0 Å². The van der Waals surface area contributed by atoms with Crippen LogP contribution in [0.4, 0.5) is 0 Å². The lowest BCUT2D eigenvalue weighted by Crippen LogP contribution is -2.45. The van der Waals surface area contributed by atoms with Crippen LogP contribution in [0.1, 0.15) is 52.8 Å². The Kier molecular flexibility index (Phi) is 5.46. The van der Waals surface area contributed by atoms with Crippen LogP contribution in [-0.4, -0.2) is 31.1 Å². The number of hydrogen-bond acceptors (Lipinski definition) is 2. The summed E-state index contributed by atoms with van der Waals surface area (Å²) < 4.78 is 0. The number of benzene rings is 1. The number of rotatable bonds is 4. The van der Waals surface area contributed by atoms with Gasteiger partial charge in [-0.1, -0.05) is 5.57 Å². The molecular formula is C20H32N2.